The number of hydrogen-bond acceptors (Lipinski definition) is 3. The van der Waals surface area contributed by atoms with Crippen LogP contribution in [-0.4, -0.2) is 10.5 Å². The lowest BCUT2D eigenvalue weighted by molar-refractivity contribution is -0.116. The number of pyridine rings is 1. The highest BCUT2D eigenvalue weighted by Gasteiger charge is 2.09. The maximum absolute atomic E-state index is 12.1. The van der Waals surface area contributed by atoms with Crippen LogP contribution in [0.3, 0.4) is 0 Å². The average Bonchev–Trinajstić information content (AvgIpc) is 2.38. The van der Waals surface area contributed by atoms with Crippen LogP contribution in [0, 0.1) is 6.92 Å². The van der Waals surface area contributed by atoms with Gasteiger partial charge in [-0.3, -0.25) is 9.59 Å². The van der Waals surface area contributed by atoms with Gasteiger partial charge in [0.2, 0.25) is 5.91 Å². The van der Waals surface area contributed by atoms with Gasteiger partial charge in [-0.05, 0) is 63.0 Å². The van der Waals surface area contributed by atoms with Gasteiger partial charge < -0.3 is 15.6 Å². The maximum atomic E-state index is 12.1. The van der Waals surface area contributed by atoms with Crippen LogP contribution in [0.4, 0.5) is 11.4 Å². The van der Waals surface area contributed by atoms with E-state index in [0.717, 1.165) is 4.47 Å². The summed E-state index contributed by atoms with van der Waals surface area (Å²) in [7, 11) is 0. The number of nitrogens with zero attached hydrogens (tertiary/aromatic N) is 1. The van der Waals surface area contributed by atoms with Gasteiger partial charge in [-0.15, -0.1) is 0 Å². The average molecular weight is 415 g/mol. The van der Waals surface area contributed by atoms with Gasteiger partial charge in [0.1, 0.15) is 6.54 Å². The number of carbonyl (C=O) groups is 1. The quantitative estimate of drug-likeness (QED) is 0.758. The van der Waals surface area contributed by atoms with E-state index in [4.69, 9.17) is 5.73 Å². The summed E-state index contributed by atoms with van der Waals surface area (Å²) in [5, 5.41) is 2.74. The number of rotatable bonds is 3. The molecule has 1 amide bonds. The van der Waals surface area contributed by atoms with Crippen LogP contribution in [0.25, 0.3) is 0 Å². The smallest absolute Gasteiger partial charge is 0.253 e. The summed E-state index contributed by atoms with van der Waals surface area (Å²) in [5.74, 6) is -0.292. The van der Waals surface area contributed by atoms with E-state index in [-0.39, 0.29) is 18.0 Å². The third kappa shape index (κ3) is 3.95. The predicted molar refractivity (Wildman–Crippen MR) is 90.3 cm³/mol. The zero-order chi connectivity index (χ0) is 15.6. The Morgan fingerprint density at radius 3 is 2.71 bits per heavy atom. The first kappa shape index (κ1) is 15.8. The van der Waals surface area contributed by atoms with E-state index in [2.05, 4.69) is 37.2 Å². The molecule has 3 N–H and O–H groups in total. The standard InChI is InChI=1S/C14H13Br2N3O2/c1-8-4-9(15)6-19(14(8)21)7-13(20)18-12-3-2-10(17)5-11(12)16/h2-6H,7,17H2,1H3,(H,18,20). The number of carbonyl (C=O) groups excluding carboxylic acids is 1. The highest BCUT2D eigenvalue weighted by Crippen LogP contribution is 2.24. The Bertz CT molecular complexity index is 756. The van der Waals surface area contributed by atoms with Crippen LogP contribution >= 0.6 is 31.9 Å². The van der Waals surface area contributed by atoms with E-state index in [0.29, 0.717) is 21.4 Å². The number of aromatic nitrogens is 1. The summed E-state index contributed by atoms with van der Waals surface area (Å²) in [6.07, 6.45) is 1.59. The highest BCUT2D eigenvalue weighted by atomic mass is 79.9. The van der Waals surface area contributed by atoms with Crippen molar-refractivity contribution in [2.45, 2.75) is 13.5 Å². The lowest BCUT2D eigenvalue weighted by Gasteiger charge is -2.10. The lowest BCUT2D eigenvalue weighted by Crippen LogP contribution is -2.28. The fourth-order valence-electron chi connectivity index (χ4n) is 1.83. The van der Waals surface area contributed by atoms with Crippen molar-refractivity contribution in [3.8, 4) is 0 Å². The van der Waals surface area contributed by atoms with Gasteiger partial charge in [0, 0.05) is 26.4 Å². The number of halogens is 2. The number of benzene rings is 1. The molecular formula is C14H13Br2N3O2. The minimum absolute atomic E-state index is 0.0596. The van der Waals surface area contributed by atoms with Crippen molar-refractivity contribution in [1.29, 1.82) is 0 Å². The van der Waals surface area contributed by atoms with Gasteiger partial charge in [0.15, 0.2) is 0 Å². The summed E-state index contributed by atoms with van der Waals surface area (Å²) in [6, 6.07) is 6.81. The van der Waals surface area contributed by atoms with E-state index in [1.54, 1.807) is 37.4 Å². The van der Waals surface area contributed by atoms with Crippen molar-refractivity contribution < 1.29 is 4.79 Å². The molecule has 7 heteroatoms. The molecule has 0 unspecified atom stereocenters. The molecule has 0 spiro atoms. The van der Waals surface area contributed by atoms with Crippen LogP contribution < -0.4 is 16.6 Å². The molecule has 0 radical (unpaired) electrons. The van der Waals surface area contributed by atoms with E-state index < -0.39 is 0 Å². The topological polar surface area (TPSA) is 77.1 Å². The fraction of sp³-hybridized carbons (Fsp3) is 0.143. The first-order valence-corrected chi connectivity index (χ1v) is 7.67. The van der Waals surface area contributed by atoms with Gasteiger partial charge in [-0.2, -0.15) is 0 Å². The van der Waals surface area contributed by atoms with Crippen LogP contribution in [-0.2, 0) is 11.3 Å². The van der Waals surface area contributed by atoms with Crippen LogP contribution in [0.1, 0.15) is 5.56 Å². The number of aryl methyl sites for hydroxylation is 1. The predicted octanol–water partition coefficient (Wildman–Crippen LogP) is 2.90. The summed E-state index contributed by atoms with van der Waals surface area (Å²) >= 11 is 6.64. The number of nitrogens with two attached hydrogens (primary N) is 1. The summed E-state index contributed by atoms with van der Waals surface area (Å²) < 4.78 is 2.80. The van der Waals surface area contributed by atoms with Gasteiger partial charge in [-0.1, -0.05) is 0 Å². The number of nitrogen functional groups attached to an aromatic ring is 1. The molecule has 0 aliphatic heterocycles. The van der Waals surface area contributed by atoms with Gasteiger partial charge in [0.05, 0.1) is 5.69 Å². The summed E-state index contributed by atoms with van der Waals surface area (Å²) in [5.41, 5.74) is 7.23. The summed E-state index contributed by atoms with van der Waals surface area (Å²) in [6.45, 7) is 1.65. The van der Waals surface area contributed by atoms with Crippen molar-refractivity contribution in [1.82, 2.24) is 4.57 Å². The summed E-state index contributed by atoms with van der Waals surface area (Å²) in [4.78, 5) is 24.0. The first-order chi connectivity index (χ1) is 9.86. The number of hydrogen-bond donors (Lipinski definition) is 2. The Morgan fingerprint density at radius 2 is 2.05 bits per heavy atom. The Labute approximate surface area is 138 Å². The second kappa shape index (κ2) is 6.44. The van der Waals surface area contributed by atoms with Crippen LogP contribution in [0.5, 0.6) is 0 Å². The molecule has 0 fully saturated rings. The fourth-order valence-corrected chi connectivity index (χ4v) is 2.92. The minimum Gasteiger partial charge on any atom is -0.399 e. The van der Waals surface area contributed by atoms with Crippen LogP contribution in [0.15, 0.2) is 44.2 Å². The molecule has 1 aromatic carbocycles. The molecule has 1 heterocycles. The SMILES string of the molecule is Cc1cc(Br)cn(CC(=O)Nc2ccc(N)cc2Br)c1=O. The molecule has 0 saturated carbocycles. The molecule has 2 aromatic rings. The number of amides is 1. The highest BCUT2D eigenvalue weighted by molar-refractivity contribution is 9.10. The van der Waals surface area contributed by atoms with Crippen molar-refractivity contribution in [3.05, 3.63) is 55.3 Å². The van der Waals surface area contributed by atoms with Crippen molar-refractivity contribution in [2.75, 3.05) is 11.1 Å². The van der Waals surface area contributed by atoms with E-state index in [1.165, 1.54) is 4.57 Å². The Hall–Kier alpha value is -1.60. The third-order valence-corrected chi connectivity index (χ3v) is 3.90. The normalized spacial score (nSPS) is 10.4. The molecule has 0 aliphatic carbocycles. The second-order valence-electron chi connectivity index (χ2n) is 4.56. The molecule has 5 nitrogen and oxygen atoms in total. The van der Waals surface area contributed by atoms with Gasteiger partial charge in [-0.25, -0.2) is 0 Å². The zero-order valence-electron chi connectivity index (χ0n) is 11.2. The van der Waals surface area contributed by atoms with E-state index in [1.807, 2.05) is 0 Å². The number of anilines is 2. The molecule has 0 atom stereocenters. The van der Waals surface area contributed by atoms with Crippen molar-refractivity contribution in [2.24, 2.45) is 0 Å². The minimum atomic E-state index is -0.292. The molecule has 0 bridgehead atoms. The zero-order valence-corrected chi connectivity index (χ0v) is 14.4. The van der Waals surface area contributed by atoms with Crippen molar-refractivity contribution in [3.63, 3.8) is 0 Å². The largest absolute Gasteiger partial charge is 0.399 e. The third-order valence-electron chi connectivity index (χ3n) is 2.81. The van der Waals surface area contributed by atoms with E-state index >= 15 is 0 Å². The molecule has 2 rings (SSSR count). The van der Waals surface area contributed by atoms with Gasteiger partial charge in [0.25, 0.3) is 5.56 Å². The maximum Gasteiger partial charge on any atom is 0.253 e. The second-order valence-corrected chi connectivity index (χ2v) is 6.33. The Balaban J connectivity index is 2.17. The van der Waals surface area contributed by atoms with E-state index in [9.17, 15) is 9.59 Å². The Morgan fingerprint density at radius 1 is 1.33 bits per heavy atom. The molecular weight excluding hydrogens is 402 g/mol. The van der Waals surface area contributed by atoms with Gasteiger partial charge >= 0.3 is 0 Å². The molecule has 0 saturated heterocycles. The lowest BCUT2D eigenvalue weighted by atomic mass is 10.3. The molecule has 1 aromatic heterocycles. The van der Waals surface area contributed by atoms with Crippen molar-refractivity contribution >= 4 is 49.1 Å². The number of nitrogens with one attached hydrogen (secondary N) is 1. The molecule has 0 aliphatic rings. The molecule has 110 valence electrons. The monoisotopic (exact) mass is 413 g/mol. The first-order valence-electron chi connectivity index (χ1n) is 6.08. The molecule has 21 heavy (non-hydrogen) atoms. The Kier molecular flexibility index (Phi) is 4.84. The van der Waals surface area contributed by atoms with Crippen LogP contribution in [0.2, 0.25) is 0 Å².